The van der Waals surface area contributed by atoms with E-state index in [1.54, 1.807) is 0 Å². The van der Waals surface area contributed by atoms with E-state index in [9.17, 15) is 14.0 Å². The summed E-state index contributed by atoms with van der Waals surface area (Å²) >= 11 is 5.46. The molecule has 4 nitrogen and oxygen atoms in total. The summed E-state index contributed by atoms with van der Waals surface area (Å²) in [4.78, 5) is 22.4. The topological polar surface area (TPSA) is 66.4 Å². The van der Waals surface area contributed by atoms with E-state index in [-0.39, 0.29) is 17.0 Å². The van der Waals surface area contributed by atoms with Gasteiger partial charge in [0.1, 0.15) is 11.9 Å². The molecule has 2 N–H and O–H groups in total. The molecule has 0 aliphatic heterocycles. The molecule has 94 valence electrons. The second kappa shape index (κ2) is 6.03. The van der Waals surface area contributed by atoms with Crippen molar-refractivity contribution in [3.05, 3.63) is 34.6 Å². The molecule has 6 heteroatoms. The van der Waals surface area contributed by atoms with Gasteiger partial charge in [0, 0.05) is 12.0 Å². The van der Waals surface area contributed by atoms with Gasteiger partial charge in [-0.05, 0) is 18.2 Å². The predicted molar refractivity (Wildman–Crippen MR) is 63.8 cm³/mol. The maximum atomic E-state index is 13.1. The number of rotatable bonds is 4. The third-order valence-corrected chi connectivity index (χ3v) is 2.41. The first kappa shape index (κ1) is 14.0. The summed E-state index contributed by atoms with van der Waals surface area (Å²) in [7, 11) is 0. The maximum absolute atomic E-state index is 13.1. The molecule has 1 aromatic rings. The van der Waals surface area contributed by atoms with Crippen molar-refractivity contribution in [3.8, 4) is 12.3 Å². The lowest BCUT2D eigenvalue weighted by molar-refractivity contribution is -0.139. The van der Waals surface area contributed by atoms with Gasteiger partial charge in [-0.3, -0.25) is 4.79 Å². The molecule has 0 aliphatic rings. The third-order valence-electron chi connectivity index (χ3n) is 2.11. The van der Waals surface area contributed by atoms with E-state index in [0.717, 1.165) is 6.07 Å². The van der Waals surface area contributed by atoms with Crippen LogP contribution in [0.5, 0.6) is 0 Å². The number of carboxylic acids is 1. The normalized spacial score (nSPS) is 11.4. The Morgan fingerprint density at radius 1 is 1.56 bits per heavy atom. The van der Waals surface area contributed by atoms with Crippen LogP contribution in [0.1, 0.15) is 16.8 Å². The van der Waals surface area contributed by atoms with Gasteiger partial charge < -0.3 is 10.4 Å². The molecule has 18 heavy (non-hydrogen) atoms. The Balaban J connectivity index is 2.84. The largest absolute Gasteiger partial charge is 0.480 e. The molecular formula is C12H9ClFNO3. The standard InChI is InChI=1S/C12H9ClFNO3/c1-2-3-10(12(17)18)15-11(16)7-4-5-8(13)9(14)6-7/h1,4-6,10H,3H2,(H,15,16)(H,17,18). The second-order valence-corrected chi connectivity index (χ2v) is 3.81. The zero-order valence-corrected chi connectivity index (χ0v) is 9.87. The number of nitrogens with one attached hydrogen (secondary N) is 1. The van der Waals surface area contributed by atoms with Crippen LogP contribution >= 0.6 is 11.6 Å². The van der Waals surface area contributed by atoms with Gasteiger partial charge in [-0.1, -0.05) is 11.6 Å². The minimum atomic E-state index is -1.25. The van der Waals surface area contributed by atoms with Crippen LogP contribution in [0, 0.1) is 18.2 Å². The molecule has 0 saturated carbocycles. The van der Waals surface area contributed by atoms with Gasteiger partial charge in [-0.15, -0.1) is 12.3 Å². The fraction of sp³-hybridized carbons (Fsp3) is 0.167. The summed E-state index contributed by atoms with van der Waals surface area (Å²) in [6.45, 7) is 0. The average molecular weight is 270 g/mol. The number of carbonyl (C=O) groups is 2. The third kappa shape index (κ3) is 3.47. The van der Waals surface area contributed by atoms with Crippen molar-refractivity contribution >= 4 is 23.5 Å². The molecule has 0 radical (unpaired) electrons. The molecule has 1 rings (SSSR count). The number of hydrogen-bond acceptors (Lipinski definition) is 2. The minimum absolute atomic E-state index is 0.0276. The number of carboxylic acid groups (broad SMARTS) is 1. The highest BCUT2D eigenvalue weighted by Crippen LogP contribution is 2.15. The zero-order valence-electron chi connectivity index (χ0n) is 9.11. The summed E-state index contributed by atoms with van der Waals surface area (Å²) < 4.78 is 13.1. The van der Waals surface area contributed by atoms with E-state index in [0.29, 0.717) is 0 Å². The van der Waals surface area contributed by atoms with Gasteiger partial charge in [0.15, 0.2) is 0 Å². The summed E-state index contributed by atoms with van der Waals surface area (Å²) in [6, 6.07) is 2.21. The highest BCUT2D eigenvalue weighted by molar-refractivity contribution is 6.30. The molecule has 1 unspecified atom stereocenters. The molecule has 0 heterocycles. The van der Waals surface area contributed by atoms with Gasteiger partial charge in [-0.25, -0.2) is 9.18 Å². The van der Waals surface area contributed by atoms with Crippen LogP contribution in [-0.2, 0) is 4.79 Å². The monoisotopic (exact) mass is 269 g/mol. The van der Waals surface area contributed by atoms with Crippen molar-refractivity contribution in [2.75, 3.05) is 0 Å². The molecule has 0 spiro atoms. The molecule has 0 bridgehead atoms. The average Bonchev–Trinajstić information content (AvgIpc) is 2.31. The summed E-state index contributed by atoms with van der Waals surface area (Å²) in [5.74, 6) is -0.603. The first-order valence-corrected chi connectivity index (χ1v) is 5.25. The van der Waals surface area contributed by atoms with Gasteiger partial charge >= 0.3 is 5.97 Å². The number of hydrogen-bond donors (Lipinski definition) is 2. The van der Waals surface area contributed by atoms with E-state index in [1.165, 1.54) is 12.1 Å². The Bertz CT molecular complexity index is 525. The number of benzene rings is 1. The van der Waals surface area contributed by atoms with E-state index in [1.807, 2.05) is 0 Å². The van der Waals surface area contributed by atoms with E-state index < -0.39 is 23.7 Å². The molecule has 1 aromatic carbocycles. The van der Waals surface area contributed by atoms with Crippen LogP contribution in [0.4, 0.5) is 4.39 Å². The Morgan fingerprint density at radius 2 is 2.22 bits per heavy atom. The van der Waals surface area contributed by atoms with Gasteiger partial charge in [0.05, 0.1) is 5.02 Å². The van der Waals surface area contributed by atoms with Crippen molar-refractivity contribution in [1.29, 1.82) is 0 Å². The molecule has 0 saturated heterocycles. The summed E-state index contributed by atoms with van der Waals surface area (Å²) in [6.07, 6.45) is 4.83. The molecule has 1 atom stereocenters. The zero-order chi connectivity index (χ0) is 13.7. The predicted octanol–water partition coefficient (Wildman–Crippen LogP) is 1.69. The lowest BCUT2D eigenvalue weighted by Crippen LogP contribution is -2.40. The van der Waals surface area contributed by atoms with Crippen LogP contribution in [0.2, 0.25) is 5.02 Å². The van der Waals surface area contributed by atoms with Gasteiger partial charge in [0.25, 0.3) is 5.91 Å². The van der Waals surface area contributed by atoms with Gasteiger partial charge in [0.2, 0.25) is 0 Å². The molecule has 0 aliphatic carbocycles. The van der Waals surface area contributed by atoms with Crippen LogP contribution in [-0.4, -0.2) is 23.0 Å². The lowest BCUT2D eigenvalue weighted by atomic mass is 10.1. The first-order valence-electron chi connectivity index (χ1n) is 4.88. The van der Waals surface area contributed by atoms with Crippen molar-refractivity contribution in [1.82, 2.24) is 5.32 Å². The summed E-state index contributed by atoms with van der Waals surface area (Å²) in [5.41, 5.74) is -0.0276. The van der Waals surface area contributed by atoms with Crippen LogP contribution < -0.4 is 5.32 Å². The second-order valence-electron chi connectivity index (χ2n) is 3.40. The highest BCUT2D eigenvalue weighted by atomic mass is 35.5. The minimum Gasteiger partial charge on any atom is -0.480 e. The molecule has 1 amide bonds. The first-order chi connectivity index (χ1) is 8.45. The van der Waals surface area contributed by atoms with E-state index in [2.05, 4.69) is 11.2 Å². The fourth-order valence-corrected chi connectivity index (χ4v) is 1.31. The number of aliphatic carboxylic acids is 1. The lowest BCUT2D eigenvalue weighted by Gasteiger charge is -2.11. The van der Waals surface area contributed by atoms with Crippen molar-refractivity contribution in [2.24, 2.45) is 0 Å². The Labute approximate surface area is 108 Å². The maximum Gasteiger partial charge on any atom is 0.327 e. The Kier molecular flexibility index (Phi) is 4.69. The summed E-state index contributed by atoms with van der Waals surface area (Å²) in [5, 5.41) is 10.9. The fourth-order valence-electron chi connectivity index (χ4n) is 1.20. The Morgan fingerprint density at radius 3 is 2.72 bits per heavy atom. The van der Waals surface area contributed by atoms with Crippen LogP contribution in [0.25, 0.3) is 0 Å². The molecular weight excluding hydrogens is 261 g/mol. The molecule has 0 aromatic heterocycles. The van der Waals surface area contributed by atoms with E-state index in [4.69, 9.17) is 23.1 Å². The van der Waals surface area contributed by atoms with Gasteiger partial charge in [-0.2, -0.15) is 0 Å². The highest BCUT2D eigenvalue weighted by Gasteiger charge is 2.20. The SMILES string of the molecule is C#CCC(NC(=O)c1ccc(Cl)c(F)c1)C(=O)O. The number of amides is 1. The number of halogens is 2. The quantitative estimate of drug-likeness (QED) is 0.818. The van der Waals surface area contributed by atoms with Crippen LogP contribution in [0.3, 0.4) is 0 Å². The van der Waals surface area contributed by atoms with E-state index >= 15 is 0 Å². The van der Waals surface area contributed by atoms with Crippen molar-refractivity contribution in [3.63, 3.8) is 0 Å². The van der Waals surface area contributed by atoms with Crippen LogP contribution in [0.15, 0.2) is 18.2 Å². The number of terminal acetylenes is 1. The molecule has 0 fully saturated rings. The van der Waals surface area contributed by atoms with Crippen molar-refractivity contribution in [2.45, 2.75) is 12.5 Å². The Hall–Kier alpha value is -2.06. The smallest absolute Gasteiger partial charge is 0.327 e. The number of carbonyl (C=O) groups excluding carboxylic acids is 1. The van der Waals surface area contributed by atoms with Crippen molar-refractivity contribution < 1.29 is 19.1 Å².